The van der Waals surface area contributed by atoms with Crippen LogP contribution >= 0.6 is 0 Å². The first-order chi connectivity index (χ1) is 13.9. The molecule has 158 valence electrons. The van der Waals surface area contributed by atoms with Gasteiger partial charge in [-0.2, -0.15) is 4.31 Å². The van der Waals surface area contributed by atoms with Crippen LogP contribution in [0.4, 0.5) is 0 Å². The van der Waals surface area contributed by atoms with Crippen molar-refractivity contribution in [3.63, 3.8) is 0 Å². The highest BCUT2D eigenvalue weighted by atomic mass is 32.2. The fourth-order valence-electron chi connectivity index (χ4n) is 3.01. The molecule has 0 amide bonds. The van der Waals surface area contributed by atoms with Gasteiger partial charge >= 0.3 is 5.97 Å². The highest BCUT2D eigenvalue weighted by molar-refractivity contribution is 7.89. The Morgan fingerprint density at radius 3 is 2.45 bits per heavy atom. The van der Waals surface area contributed by atoms with Crippen molar-refractivity contribution in [2.45, 2.75) is 11.6 Å². The summed E-state index contributed by atoms with van der Waals surface area (Å²) in [4.78, 5) is 13.6. The van der Waals surface area contributed by atoms with E-state index in [0.29, 0.717) is 38.6 Å². The van der Waals surface area contributed by atoms with Gasteiger partial charge in [0.15, 0.2) is 5.69 Å². The van der Waals surface area contributed by atoms with E-state index >= 15 is 0 Å². The number of methoxy groups -OCH3 is 3. The number of nitrogens with zero attached hydrogens (tertiary/aromatic N) is 5. The Bertz CT molecular complexity index is 968. The molecule has 11 nitrogen and oxygen atoms in total. The van der Waals surface area contributed by atoms with Gasteiger partial charge in [-0.3, -0.25) is 4.90 Å². The van der Waals surface area contributed by atoms with Crippen LogP contribution in [0.2, 0.25) is 0 Å². The molecule has 1 saturated heterocycles. The number of hydrogen-bond acceptors (Lipinski definition) is 9. The van der Waals surface area contributed by atoms with E-state index in [4.69, 9.17) is 9.47 Å². The molecule has 0 aliphatic carbocycles. The smallest absolute Gasteiger partial charge is 0.360 e. The third-order valence-electron chi connectivity index (χ3n) is 4.60. The third-order valence-corrected chi connectivity index (χ3v) is 6.52. The maximum absolute atomic E-state index is 13.1. The third kappa shape index (κ3) is 4.49. The van der Waals surface area contributed by atoms with Crippen LogP contribution in [0.15, 0.2) is 29.3 Å². The number of benzene rings is 1. The lowest BCUT2D eigenvalue weighted by atomic mass is 10.3. The minimum atomic E-state index is -3.74. The van der Waals surface area contributed by atoms with Crippen molar-refractivity contribution in [1.82, 2.24) is 24.2 Å². The molecule has 12 heteroatoms. The van der Waals surface area contributed by atoms with Crippen molar-refractivity contribution in [2.75, 3.05) is 47.5 Å². The van der Waals surface area contributed by atoms with Gasteiger partial charge in [-0.1, -0.05) is 5.21 Å². The molecule has 29 heavy (non-hydrogen) atoms. The SMILES string of the molecule is COC(=O)c1cn(CN2CCN(S(=O)(=O)c3cc(OC)ccc3OC)CC2)nn1. The lowest BCUT2D eigenvalue weighted by Crippen LogP contribution is -2.48. The van der Waals surface area contributed by atoms with Gasteiger partial charge in [-0.25, -0.2) is 17.9 Å². The first kappa shape index (κ1) is 21.0. The number of rotatable bonds is 7. The van der Waals surface area contributed by atoms with Crippen molar-refractivity contribution in [1.29, 1.82) is 0 Å². The van der Waals surface area contributed by atoms with Gasteiger partial charge in [0.05, 0.1) is 34.2 Å². The molecule has 0 spiro atoms. The Kier molecular flexibility index (Phi) is 6.35. The van der Waals surface area contributed by atoms with Gasteiger partial charge < -0.3 is 14.2 Å². The van der Waals surface area contributed by atoms with Gasteiger partial charge in [-0.15, -0.1) is 5.10 Å². The Balaban J connectivity index is 1.67. The summed E-state index contributed by atoms with van der Waals surface area (Å²) in [5.41, 5.74) is 0.124. The monoisotopic (exact) mass is 425 g/mol. The zero-order valence-corrected chi connectivity index (χ0v) is 17.3. The van der Waals surface area contributed by atoms with Gasteiger partial charge in [0.1, 0.15) is 16.4 Å². The highest BCUT2D eigenvalue weighted by Crippen LogP contribution is 2.31. The predicted molar refractivity (Wildman–Crippen MR) is 101 cm³/mol. The molecular weight excluding hydrogens is 402 g/mol. The van der Waals surface area contributed by atoms with Crippen LogP contribution < -0.4 is 9.47 Å². The Labute approximate surface area is 168 Å². The summed E-state index contributed by atoms with van der Waals surface area (Å²) in [6.45, 7) is 2.00. The number of carbonyl (C=O) groups is 1. The van der Waals surface area contributed by atoms with Crippen molar-refractivity contribution < 1.29 is 27.4 Å². The Morgan fingerprint density at radius 1 is 1.10 bits per heavy atom. The molecule has 2 heterocycles. The minimum absolute atomic E-state index is 0.0757. The van der Waals surface area contributed by atoms with Crippen LogP contribution in [0.3, 0.4) is 0 Å². The number of piperazine rings is 1. The van der Waals surface area contributed by atoms with E-state index in [0.717, 1.165) is 0 Å². The van der Waals surface area contributed by atoms with E-state index in [-0.39, 0.29) is 16.3 Å². The average molecular weight is 425 g/mol. The maximum atomic E-state index is 13.1. The molecule has 1 aliphatic heterocycles. The lowest BCUT2D eigenvalue weighted by Gasteiger charge is -2.33. The van der Waals surface area contributed by atoms with Gasteiger partial charge in [0.25, 0.3) is 0 Å². The van der Waals surface area contributed by atoms with Crippen LogP contribution in [0.1, 0.15) is 10.5 Å². The van der Waals surface area contributed by atoms with Crippen LogP contribution in [-0.2, 0) is 21.4 Å². The summed E-state index contributed by atoms with van der Waals surface area (Å²) >= 11 is 0. The summed E-state index contributed by atoms with van der Waals surface area (Å²) in [7, 11) is 0.447. The number of carbonyl (C=O) groups excluding carboxylic acids is 1. The van der Waals surface area contributed by atoms with Crippen molar-refractivity contribution >= 4 is 16.0 Å². The first-order valence-corrected chi connectivity index (χ1v) is 10.3. The summed E-state index contributed by atoms with van der Waals surface area (Å²) in [5, 5.41) is 7.66. The Morgan fingerprint density at radius 2 is 1.83 bits per heavy atom. The molecular formula is C17H23N5O6S. The quantitative estimate of drug-likeness (QED) is 0.567. The second kappa shape index (κ2) is 8.76. The van der Waals surface area contributed by atoms with Gasteiger partial charge in [0, 0.05) is 32.2 Å². The number of esters is 1. The standard InChI is InChI=1S/C17H23N5O6S/c1-26-13-4-5-15(27-2)16(10-13)29(24,25)22-8-6-20(7-9-22)12-21-11-14(18-19-21)17(23)28-3/h4-5,10-11H,6-9,12H2,1-3H3. The summed E-state index contributed by atoms with van der Waals surface area (Å²) in [5.74, 6) is 0.154. The zero-order chi connectivity index (χ0) is 21.0. The zero-order valence-electron chi connectivity index (χ0n) is 16.4. The minimum Gasteiger partial charge on any atom is -0.497 e. The molecule has 1 aliphatic rings. The van der Waals surface area contributed by atoms with Crippen LogP contribution in [0.5, 0.6) is 11.5 Å². The number of ether oxygens (including phenoxy) is 3. The van der Waals surface area contributed by atoms with E-state index < -0.39 is 16.0 Å². The molecule has 2 aromatic rings. The summed E-state index contributed by atoms with van der Waals surface area (Å²) < 4.78 is 44.1. The second-order valence-electron chi connectivity index (χ2n) is 6.32. The molecule has 0 N–H and O–H groups in total. The maximum Gasteiger partial charge on any atom is 0.360 e. The molecule has 0 saturated carbocycles. The summed E-state index contributed by atoms with van der Waals surface area (Å²) in [6.07, 6.45) is 1.50. The molecule has 3 rings (SSSR count). The predicted octanol–water partition coefficient (Wildman–Crippen LogP) is 0.0459. The lowest BCUT2D eigenvalue weighted by molar-refractivity contribution is 0.0593. The largest absolute Gasteiger partial charge is 0.497 e. The van der Waals surface area contributed by atoms with Gasteiger partial charge in [-0.05, 0) is 12.1 Å². The van der Waals surface area contributed by atoms with E-state index in [1.807, 2.05) is 4.90 Å². The van der Waals surface area contributed by atoms with Crippen LogP contribution in [0, 0.1) is 0 Å². The molecule has 1 aromatic carbocycles. The van der Waals surface area contributed by atoms with Gasteiger partial charge in [0.2, 0.25) is 10.0 Å². The highest BCUT2D eigenvalue weighted by Gasteiger charge is 2.31. The molecule has 0 bridgehead atoms. The van der Waals surface area contributed by atoms with E-state index in [1.165, 1.54) is 42.6 Å². The molecule has 1 fully saturated rings. The topological polar surface area (TPSA) is 116 Å². The van der Waals surface area contributed by atoms with Crippen molar-refractivity contribution in [3.8, 4) is 11.5 Å². The fraction of sp³-hybridized carbons (Fsp3) is 0.471. The van der Waals surface area contributed by atoms with Crippen LogP contribution in [-0.4, -0.2) is 86.1 Å². The number of hydrogen-bond donors (Lipinski definition) is 0. The van der Waals surface area contributed by atoms with Crippen molar-refractivity contribution in [3.05, 3.63) is 30.1 Å². The number of sulfonamides is 1. The van der Waals surface area contributed by atoms with E-state index in [2.05, 4.69) is 15.0 Å². The van der Waals surface area contributed by atoms with Crippen molar-refractivity contribution in [2.24, 2.45) is 0 Å². The first-order valence-electron chi connectivity index (χ1n) is 8.82. The fourth-order valence-corrected chi connectivity index (χ4v) is 4.60. The second-order valence-corrected chi connectivity index (χ2v) is 8.22. The molecule has 0 radical (unpaired) electrons. The summed E-state index contributed by atoms with van der Waals surface area (Å²) in [6, 6.07) is 4.69. The average Bonchev–Trinajstić information content (AvgIpc) is 3.21. The van der Waals surface area contributed by atoms with E-state index in [9.17, 15) is 13.2 Å². The molecule has 0 unspecified atom stereocenters. The normalized spacial score (nSPS) is 15.8. The number of aromatic nitrogens is 3. The van der Waals surface area contributed by atoms with E-state index in [1.54, 1.807) is 12.1 Å². The van der Waals surface area contributed by atoms with Crippen LogP contribution in [0.25, 0.3) is 0 Å². The molecule has 1 aromatic heterocycles. The molecule has 0 atom stereocenters. The Hall–Kier alpha value is -2.70.